The van der Waals surface area contributed by atoms with Gasteiger partial charge in [-0.1, -0.05) is 40.2 Å². The molecular weight excluding hydrogens is 446 g/mol. The highest BCUT2D eigenvalue weighted by atomic mass is 16.2. The molecule has 2 fully saturated rings. The molecule has 0 spiro atoms. The van der Waals surface area contributed by atoms with E-state index in [9.17, 15) is 19.2 Å². The van der Waals surface area contributed by atoms with E-state index < -0.39 is 18.0 Å². The Morgan fingerprint density at radius 2 is 1.60 bits per heavy atom. The third-order valence-electron chi connectivity index (χ3n) is 7.38. The highest BCUT2D eigenvalue weighted by Gasteiger charge is 2.36. The smallest absolute Gasteiger partial charge is 0.249 e. The fourth-order valence-corrected chi connectivity index (χ4v) is 5.15. The molecule has 9 heteroatoms. The molecule has 4 amide bonds. The fraction of sp³-hybridized carbons (Fsp3) is 0.769. The van der Waals surface area contributed by atoms with Crippen molar-refractivity contribution in [3.05, 3.63) is 11.6 Å². The van der Waals surface area contributed by atoms with E-state index >= 15 is 0 Å². The van der Waals surface area contributed by atoms with Crippen molar-refractivity contribution in [3.63, 3.8) is 0 Å². The van der Waals surface area contributed by atoms with E-state index in [1.54, 1.807) is 24.9 Å². The first-order valence-corrected chi connectivity index (χ1v) is 12.9. The second-order valence-corrected chi connectivity index (χ2v) is 10.8. The first-order chi connectivity index (χ1) is 16.4. The molecule has 0 aromatic heterocycles. The Morgan fingerprint density at radius 3 is 2.14 bits per heavy atom. The molecule has 2 rings (SSSR count). The Hall–Kier alpha value is -2.42. The van der Waals surface area contributed by atoms with Gasteiger partial charge in [0.05, 0.1) is 12.1 Å². The van der Waals surface area contributed by atoms with Crippen molar-refractivity contribution >= 4 is 23.6 Å². The minimum absolute atomic E-state index is 0.0326. The SMILES string of the molecule is C/C(=C\[C@H](C(C)C)N(C)C(=O)C(NC(=O)C1CCCCN1C)C(C)C)C(=O)N1CCC[C@H]1C(N)=O. The third-order valence-corrected chi connectivity index (χ3v) is 7.38. The van der Waals surface area contributed by atoms with Crippen LogP contribution in [0.5, 0.6) is 0 Å². The molecule has 9 nitrogen and oxygen atoms in total. The fourth-order valence-electron chi connectivity index (χ4n) is 5.15. The predicted octanol–water partition coefficient (Wildman–Crippen LogP) is 1.52. The minimum atomic E-state index is -0.661. The highest BCUT2D eigenvalue weighted by molar-refractivity contribution is 5.97. The van der Waals surface area contributed by atoms with Crippen LogP contribution in [0.2, 0.25) is 0 Å². The number of rotatable bonds is 9. The lowest BCUT2D eigenvalue weighted by Gasteiger charge is -2.36. The number of hydrogen-bond acceptors (Lipinski definition) is 5. The Balaban J connectivity index is 2.19. The summed E-state index contributed by atoms with van der Waals surface area (Å²) in [5.74, 6) is -1.07. The van der Waals surface area contributed by atoms with Crippen LogP contribution < -0.4 is 11.1 Å². The Bertz CT molecular complexity index is 825. The molecule has 4 atom stereocenters. The molecular formula is C26H45N5O4. The molecule has 2 aliphatic heterocycles. The van der Waals surface area contributed by atoms with Crippen LogP contribution in [-0.2, 0) is 19.2 Å². The standard InChI is InChI=1S/C26H45N5O4/c1-16(2)21(15-18(5)25(34)31-14-10-12-19(31)23(27)32)30(7)26(35)22(17(3)4)28-24(33)20-11-8-9-13-29(20)6/h15-17,19-22H,8-14H2,1-7H3,(H2,27,32)(H,28,33)/b18-15+/t19-,20?,21+,22?/m0/s1. The molecule has 2 saturated heterocycles. The number of primary amides is 1. The number of nitrogens with two attached hydrogens (primary N) is 1. The second-order valence-electron chi connectivity index (χ2n) is 10.8. The van der Waals surface area contributed by atoms with Crippen LogP contribution in [0.3, 0.4) is 0 Å². The zero-order valence-electron chi connectivity index (χ0n) is 22.5. The van der Waals surface area contributed by atoms with Crippen LogP contribution in [0.1, 0.15) is 66.7 Å². The molecule has 0 bridgehead atoms. The van der Waals surface area contributed by atoms with Gasteiger partial charge in [-0.2, -0.15) is 0 Å². The van der Waals surface area contributed by atoms with Gasteiger partial charge in [0.2, 0.25) is 23.6 Å². The van der Waals surface area contributed by atoms with E-state index in [4.69, 9.17) is 5.73 Å². The van der Waals surface area contributed by atoms with E-state index in [1.165, 1.54) is 4.90 Å². The van der Waals surface area contributed by atoms with Gasteiger partial charge in [0.1, 0.15) is 12.1 Å². The zero-order valence-corrected chi connectivity index (χ0v) is 22.5. The van der Waals surface area contributed by atoms with Gasteiger partial charge in [-0.15, -0.1) is 0 Å². The molecule has 0 radical (unpaired) electrons. The number of nitrogens with zero attached hydrogens (tertiary/aromatic N) is 3. The number of hydrogen-bond donors (Lipinski definition) is 2. The van der Waals surface area contributed by atoms with E-state index in [-0.39, 0.29) is 41.6 Å². The maximum Gasteiger partial charge on any atom is 0.249 e. The van der Waals surface area contributed by atoms with Gasteiger partial charge in [-0.3, -0.25) is 24.1 Å². The Labute approximate surface area is 210 Å². The van der Waals surface area contributed by atoms with Crippen molar-refractivity contribution in [1.82, 2.24) is 20.0 Å². The molecule has 0 aromatic rings. The van der Waals surface area contributed by atoms with Gasteiger partial charge in [-0.05, 0) is 58.0 Å². The van der Waals surface area contributed by atoms with E-state index in [0.717, 1.165) is 32.2 Å². The monoisotopic (exact) mass is 491 g/mol. The zero-order chi connectivity index (χ0) is 26.4. The van der Waals surface area contributed by atoms with Crippen LogP contribution in [0.4, 0.5) is 0 Å². The average molecular weight is 492 g/mol. The number of likely N-dealkylation sites (tertiary alicyclic amines) is 2. The predicted molar refractivity (Wildman–Crippen MR) is 136 cm³/mol. The van der Waals surface area contributed by atoms with Gasteiger partial charge in [-0.25, -0.2) is 0 Å². The summed E-state index contributed by atoms with van der Waals surface area (Å²) < 4.78 is 0. The van der Waals surface area contributed by atoms with Crippen LogP contribution in [0.15, 0.2) is 11.6 Å². The first-order valence-electron chi connectivity index (χ1n) is 12.9. The third kappa shape index (κ3) is 7.06. The lowest BCUT2D eigenvalue weighted by Crippen LogP contribution is -2.57. The number of carbonyl (C=O) groups is 4. The largest absolute Gasteiger partial charge is 0.368 e. The molecule has 0 aliphatic carbocycles. The van der Waals surface area contributed by atoms with Crippen molar-refractivity contribution in [3.8, 4) is 0 Å². The summed E-state index contributed by atoms with van der Waals surface area (Å²) in [6, 6.07) is -1.81. The van der Waals surface area contributed by atoms with Crippen molar-refractivity contribution in [2.75, 3.05) is 27.2 Å². The molecule has 2 unspecified atom stereocenters. The van der Waals surface area contributed by atoms with E-state index in [0.29, 0.717) is 18.5 Å². The first kappa shape index (κ1) is 28.8. The van der Waals surface area contributed by atoms with Crippen molar-refractivity contribution < 1.29 is 19.2 Å². The Kier molecular flexibility index (Phi) is 10.3. The van der Waals surface area contributed by atoms with Crippen LogP contribution in [0.25, 0.3) is 0 Å². The lowest BCUT2D eigenvalue weighted by atomic mass is 9.96. The molecule has 35 heavy (non-hydrogen) atoms. The van der Waals surface area contributed by atoms with Gasteiger partial charge in [0.25, 0.3) is 0 Å². The van der Waals surface area contributed by atoms with Crippen LogP contribution >= 0.6 is 0 Å². The summed E-state index contributed by atoms with van der Waals surface area (Å²) in [5, 5.41) is 3.01. The lowest BCUT2D eigenvalue weighted by molar-refractivity contribution is -0.139. The van der Waals surface area contributed by atoms with Gasteiger partial charge < -0.3 is 20.9 Å². The summed E-state index contributed by atoms with van der Waals surface area (Å²) in [7, 11) is 3.67. The number of likely N-dealkylation sites (N-methyl/N-ethyl adjacent to an activating group) is 2. The maximum absolute atomic E-state index is 13.6. The normalized spacial score (nSPS) is 23.3. The van der Waals surface area contributed by atoms with Gasteiger partial charge in [0.15, 0.2) is 0 Å². The van der Waals surface area contributed by atoms with Gasteiger partial charge >= 0.3 is 0 Å². The van der Waals surface area contributed by atoms with Crippen molar-refractivity contribution in [2.24, 2.45) is 17.6 Å². The molecule has 0 aromatic carbocycles. The van der Waals surface area contributed by atoms with Crippen molar-refractivity contribution in [2.45, 2.75) is 90.9 Å². The molecule has 2 heterocycles. The van der Waals surface area contributed by atoms with Gasteiger partial charge in [0, 0.05) is 19.2 Å². The molecule has 0 saturated carbocycles. The highest BCUT2D eigenvalue weighted by Crippen LogP contribution is 2.22. The number of nitrogens with one attached hydrogen (secondary N) is 1. The minimum Gasteiger partial charge on any atom is -0.368 e. The number of amides is 4. The second kappa shape index (κ2) is 12.5. The van der Waals surface area contributed by atoms with Crippen LogP contribution in [0, 0.1) is 11.8 Å². The Morgan fingerprint density at radius 1 is 0.971 bits per heavy atom. The summed E-state index contributed by atoms with van der Waals surface area (Å²) >= 11 is 0. The van der Waals surface area contributed by atoms with Crippen LogP contribution in [-0.4, -0.2) is 89.7 Å². The molecule has 198 valence electrons. The summed E-state index contributed by atoms with van der Waals surface area (Å²) in [4.78, 5) is 56.7. The summed E-state index contributed by atoms with van der Waals surface area (Å²) in [5.41, 5.74) is 5.96. The molecule has 3 N–H and O–H groups in total. The quantitative estimate of drug-likeness (QED) is 0.475. The number of carbonyl (C=O) groups excluding carboxylic acids is 4. The number of piperidine rings is 1. The average Bonchev–Trinajstić information content (AvgIpc) is 3.29. The maximum atomic E-state index is 13.6. The van der Waals surface area contributed by atoms with E-state index in [1.807, 2.05) is 34.7 Å². The summed E-state index contributed by atoms with van der Waals surface area (Å²) in [6.45, 7) is 10.9. The molecule has 2 aliphatic rings. The van der Waals surface area contributed by atoms with Crippen molar-refractivity contribution in [1.29, 1.82) is 0 Å². The van der Waals surface area contributed by atoms with E-state index in [2.05, 4.69) is 10.2 Å². The topological polar surface area (TPSA) is 116 Å². The summed E-state index contributed by atoms with van der Waals surface area (Å²) in [6.07, 6.45) is 5.99.